The van der Waals surface area contributed by atoms with Crippen LogP contribution < -0.4 is 42.0 Å². The molecule has 0 atom stereocenters. The predicted molar refractivity (Wildman–Crippen MR) is 7.37 cm³/mol. The van der Waals surface area contributed by atoms with Crippen molar-refractivity contribution >= 4 is 13.5 Å². The summed E-state index contributed by atoms with van der Waals surface area (Å²) in [6.07, 6.45) is 0. The van der Waals surface area contributed by atoms with Gasteiger partial charge in [-0.25, -0.2) is 0 Å². The van der Waals surface area contributed by atoms with Gasteiger partial charge in [0, 0.05) is 0 Å². The molecule has 0 aromatic heterocycles. The summed E-state index contributed by atoms with van der Waals surface area (Å²) in [5.41, 5.74) is 0. The summed E-state index contributed by atoms with van der Waals surface area (Å²) in [5, 5.41) is 0. The summed E-state index contributed by atoms with van der Waals surface area (Å²) < 4.78 is 0. The van der Waals surface area contributed by atoms with Gasteiger partial charge in [-0.3, -0.25) is 0 Å². The standard InChI is InChI=1S/ClH.Na.S.Zn/h1H;;;/q;+1;-2;+2/p-1. The van der Waals surface area contributed by atoms with E-state index in [1.165, 1.54) is 0 Å². The summed E-state index contributed by atoms with van der Waals surface area (Å²) in [5.74, 6) is 0. The molecule has 4 heavy (non-hydrogen) atoms. The molecule has 0 amide bonds. The van der Waals surface area contributed by atoms with Crippen LogP contribution in [-0.2, 0) is 33.0 Å². The summed E-state index contributed by atoms with van der Waals surface area (Å²) in [6, 6.07) is 0. The molecular weight excluding hydrogens is 156 g/mol. The Morgan fingerprint density at radius 2 is 1.00 bits per heavy atom. The molecule has 0 unspecified atom stereocenters. The maximum atomic E-state index is 0. The average molecular weight is 156 g/mol. The Kier molecular flexibility index (Phi) is 158. The number of rotatable bonds is 0. The topological polar surface area (TPSA) is 0 Å². The van der Waals surface area contributed by atoms with Crippen LogP contribution in [0.5, 0.6) is 0 Å². The van der Waals surface area contributed by atoms with Gasteiger partial charge in [0.05, 0.1) is 0 Å². The molecule has 0 saturated heterocycles. The van der Waals surface area contributed by atoms with Crippen molar-refractivity contribution in [3.63, 3.8) is 0 Å². The van der Waals surface area contributed by atoms with E-state index < -0.39 is 0 Å². The molecule has 0 spiro atoms. The summed E-state index contributed by atoms with van der Waals surface area (Å²) in [7, 11) is 0. The van der Waals surface area contributed by atoms with Gasteiger partial charge in [0.1, 0.15) is 0 Å². The Labute approximate surface area is 74.0 Å². The molecular formula is ClNaSZn. The van der Waals surface area contributed by atoms with Crippen molar-refractivity contribution in [1.82, 2.24) is 0 Å². The third kappa shape index (κ3) is 8.86. The van der Waals surface area contributed by atoms with Gasteiger partial charge >= 0.3 is 49.0 Å². The zero-order valence-corrected chi connectivity index (χ0v) is 9.03. The molecule has 0 saturated carbocycles. The molecule has 0 rings (SSSR count). The smallest absolute Gasteiger partial charge is 2.00 e. The van der Waals surface area contributed by atoms with E-state index in [1.54, 1.807) is 0 Å². The van der Waals surface area contributed by atoms with Crippen LogP contribution in [0.4, 0.5) is 0 Å². The fraction of sp³-hybridized carbons (Fsp3) is 0. The third-order valence-corrected chi connectivity index (χ3v) is 0. The van der Waals surface area contributed by atoms with E-state index in [-0.39, 0.29) is 74.9 Å². The minimum Gasteiger partial charge on any atom is -2.00 e. The van der Waals surface area contributed by atoms with E-state index in [0.29, 0.717) is 0 Å². The fourth-order valence-corrected chi connectivity index (χ4v) is 0. The zero-order chi connectivity index (χ0) is 0. The molecule has 16 valence electrons. The van der Waals surface area contributed by atoms with Crippen molar-refractivity contribution in [2.24, 2.45) is 0 Å². The Balaban J connectivity index is 0. The molecule has 0 aliphatic rings. The average Bonchev–Trinajstić information content (AvgIpc) is 0. The monoisotopic (exact) mass is 154 g/mol. The quantitative estimate of drug-likeness (QED) is 0.306. The second kappa shape index (κ2) is 18.7. The number of hydrogen-bond acceptors (Lipinski definition) is 0. The minimum absolute atomic E-state index is 0. The van der Waals surface area contributed by atoms with Crippen LogP contribution in [0.25, 0.3) is 0 Å². The van der Waals surface area contributed by atoms with Crippen LogP contribution in [0, 0.1) is 0 Å². The van der Waals surface area contributed by atoms with E-state index >= 15 is 0 Å². The van der Waals surface area contributed by atoms with E-state index in [1.807, 2.05) is 0 Å². The van der Waals surface area contributed by atoms with Crippen molar-refractivity contribution in [2.45, 2.75) is 0 Å². The van der Waals surface area contributed by atoms with Crippen molar-refractivity contribution in [3.8, 4) is 0 Å². The van der Waals surface area contributed by atoms with E-state index in [9.17, 15) is 0 Å². The second-order valence-corrected chi connectivity index (χ2v) is 0. The van der Waals surface area contributed by atoms with E-state index in [0.717, 1.165) is 0 Å². The summed E-state index contributed by atoms with van der Waals surface area (Å²) in [6.45, 7) is 0. The molecule has 0 aromatic rings. The van der Waals surface area contributed by atoms with Crippen LogP contribution in [0.1, 0.15) is 0 Å². The first kappa shape index (κ1) is 33.9. The van der Waals surface area contributed by atoms with Crippen LogP contribution in [-0.4, -0.2) is 0 Å². The van der Waals surface area contributed by atoms with Gasteiger partial charge in [-0.15, -0.1) is 0 Å². The van der Waals surface area contributed by atoms with Crippen molar-refractivity contribution in [1.29, 1.82) is 0 Å². The minimum atomic E-state index is 0. The van der Waals surface area contributed by atoms with Gasteiger partial charge in [-0.05, 0) is 0 Å². The Morgan fingerprint density at radius 1 is 1.00 bits per heavy atom. The van der Waals surface area contributed by atoms with Gasteiger partial charge in [0.2, 0.25) is 0 Å². The first-order valence-electron chi connectivity index (χ1n) is 0. The van der Waals surface area contributed by atoms with Gasteiger partial charge < -0.3 is 25.9 Å². The molecule has 0 aromatic carbocycles. The van der Waals surface area contributed by atoms with Crippen LogP contribution in [0.15, 0.2) is 0 Å². The first-order chi connectivity index (χ1) is 0. The second-order valence-electron chi connectivity index (χ2n) is 0. The molecule has 0 bridgehead atoms. The molecule has 0 radical (unpaired) electrons. The van der Waals surface area contributed by atoms with Crippen molar-refractivity contribution < 1.29 is 61.4 Å². The van der Waals surface area contributed by atoms with Gasteiger partial charge in [0.25, 0.3) is 0 Å². The first-order valence-corrected chi connectivity index (χ1v) is 0. The van der Waals surface area contributed by atoms with E-state index in [4.69, 9.17) is 0 Å². The third-order valence-electron chi connectivity index (χ3n) is 0. The number of hydrogen-bond donors (Lipinski definition) is 0. The Bertz CT molecular complexity index is 8.00. The van der Waals surface area contributed by atoms with Crippen molar-refractivity contribution in [3.05, 3.63) is 0 Å². The van der Waals surface area contributed by atoms with Gasteiger partial charge in [-0.1, -0.05) is 0 Å². The van der Waals surface area contributed by atoms with E-state index in [2.05, 4.69) is 0 Å². The maximum Gasteiger partial charge on any atom is 2.00 e. The van der Waals surface area contributed by atoms with Gasteiger partial charge in [-0.2, -0.15) is 0 Å². The van der Waals surface area contributed by atoms with Crippen LogP contribution in [0.3, 0.4) is 0 Å². The molecule has 4 heteroatoms. The largest absolute Gasteiger partial charge is 2.00 e. The summed E-state index contributed by atoms with van der Waals surface area (Å²) in [4.78, 5) is 0. The Morgan fingerprint density at radius 3 is 1.00 bits per heavy atom. The Hall–Kier alpha value is 2.26. The SMILES string of the molecule is [Cl-].[Na+].[S-2].[Zn+2]. The maximum absolute atomic E-state index is 0. The predicted octanol–water partition coefficient (Wildman–Crippen LogP) is -6.00. The summed E-state index contributed by atoms with van der Waals surface area (Å²) >= 11 is 0. The number of halogens is 1. The zero-order valence-electron chi connectivity index (χ0n) is 2.49. The molecule has 0 N–H and O–H groups in total. The molecule has 0 fully saturated rings. The van der Waals surface area contributed by atoms with Crippen LogP contribution in [0.2, 0.25) is 0 Å². The molecule has 0 aliphatic carbocycles. The molecule has 0 aliphatic heterocycles. The molecule has 0 nitrogen and oxygen atoms in total. The van der Waals surface area contributed by atoms with Crippen molar-refractivity contribution in [2.75, 3.05) is 0 Å². The molecule has 0 heterocycles. The van der Waals surface area contributed by atoms with Gasteiger partial charge in [0.15, 0.2) is 0 Å². The normalized spacial score (nSPS) is 0. The van der Waals surface area contributed by atoms with Crippen LogP contribution >= 0.6 is 0 Å². The fourth-order valence-electron chi connectivity index (χ4n) is 0.